The molecule has 25 heavy (non-hydrogen) atoms. The van der Waals surface area contributed by atoms with Crippen molar-refractivity contribution in [2.75, 3.05) is 13.2 Å². The molecule has 1 aliphatic heterocycles. The monoisotopic (exact) mass is 381 g/mol. The molecule has 0 saturated carbocycles. The molecular formula is C17H17Cl2N3O3. The van der Waals surface area contributed by atoms with Gasteiger partial charge in [-0.3, -0.25) is 14.2 Å². The molecule has 0 spiro atoms. The first kappa shape index (κ1) is 17.8. The van der Waals surface area contributed by atoms with Gasteiger partial charge in [0, 0.05) is 24.1 Å². The lowest BCUT2D eigenvalue weighted by Gasteiger charge is -2.26. The molecule has 1 amide bonds. The van der Waals surface area contributed by atoms with Gasteiger partial charge in [-0.1, -0.05) is 23.2 Å². The molecule has 3 rings (SSSR count). The number of amides is 1. The van der Waals surface area contributed by atoms with E-state index in [0.29, 0.717) is 53.1 Å². The minimum atomic E-state index is -0.0843. The second kappa shape index (κ2) is 7.45. The van der Waals surface area contributed by atoms with E-state index in [-0.39, 0.29) is 18.1 Å². The van der Waals surface area contributed by atoms with Crippen LogP contribution in [0.25, 0.3) is 0 Å². The second-order valence-electron chi connectivity index (χ2n) is 5.78. The summed E-state index contributed by atoms with van der Waals surface area (Å²) in [7, 11) is 0. The number of nitrogens with zero attached hydrogens (tertiary/aromatic N) is 3. The van der Waals surface area contributed by atoms with Gasteiger partial charge in [-0.2, -0.15) is 0 Å². The number of fused-ring (bicyclic) bond motifs is 1. The molecule has 0 saturated heterocycles. The maximum atomic E-state index is 12.6. The van der Waals surface area contributed by atoms with Crippen molar-refractivity contribution in [1.82, 2.24) is 14.5 Å². The molecule has 132 valence electrons. The topological polar surface area (TPSA) is 64.4 Å². The molecule has 0 fully saturated rings. The van der Waals surface area contributed by atoms with Gasteiger partial charge in [-0.25, -0.2) is 4.98 Å². The molecule has 0 N–H and O–H groups in total. The normalized spacial score (nSPS) is 13.5. The number of hydrogen-bond donors (Lipinski definition) is 0. The van der Waals surface area contributed by atoms with Crippen LogP contribution in [0.4, 0.5) is 0 Å². The quantitative estimate of drug-likeness (QED) is 0.815. The van der Waals surface area contributed by atoms with Crippen LogP contribution in [0.1, 0.15) is 18.2 Å². The highest BCUT2D eigenvalue weighted by Gasteiger charge is 2.22. The highest BCUT2D eigenvalue weighted by atomic mass is 35.5. The number of carbonyl (C=O) groups excluding carboxylic acids is 1. The fourth-order valence-electron chi connectivity index (χ4n) is 2.73. The number of hydrogen-bond acceptors (Lipinski definition) is 4. The first-order chi connectivity index (χ1) is 12.0. The maximum Gasteiger partial charge on any atom is 0.256 e. The molecule has 2 aromatic rings. The van der Waals surface area contributed by atoms with Gasteiger partial charge in [0.15, 0.2) is 0 Å². The number of rotatable bonds is 4. The van der Waals surface area contributed by atoms with Gasteiger partial charge < -0.3 is 9.64 Å². The van der Waals surface area contributed by atoms with Crippen molar-refractivity contribution in [1.29, 1.82) is 0 Å². The van der Waals surface area contributed by atoms with Gasteiger partial charge in [-0.15, -0.1) is 0 Å². The SMILES string of the molecule is CC(=O)N1CCc2c(ncn(CCOc3ccc(Cl)cc3Cl)c2=O)C1. The number of benzene rings is 1. The highest BCUT2D eigenvalue weighted by molar-refractivity contribution is 6.35. The van der Waals surface area contributed by atoms with E-state index in [1.807, 2.05) is 0 Å². The Balaban J connectivity index is 1.68. The smallest absolute Gasteiger partial charge is 0.256 e. The third-order valence-corrected chi connectivity index (χ3v) is 4.65. The van der Waals surface area contributed by atoms with Crippen molar-refractivity contribution < 1.29 is 9.53 Å². The summed E-state index contributed by atoms with van der Waals surface area (Å²) in [6.45, 7) is 3.08. The van der Waals surface area contributed by atoms with Crippen LogP contribution in [0.2, 0.25) is 10.0 Å². The zero-order valence-corrected chi connectivity index (χ0v) is 15.2. The first-order valence-electron chi connectivity index (χ1n) is 7.86. The molecule has 0 aliphatic carbocycles. The minimum absolute atomic E-state index is 0.00938. The van der Waals surface area contributed by atoms with Crippen LogP contribution in [0.15, 0.2) is 29.3 Å². The van der Waals surface area contributed by atoms with E-state index in [1.54, 1.807) is 23.1 Å². The molecule has 0 unspecified atom stereocenters. The Morgan fingerprint density at radius 3 is 2.88 bits per heavy atom. The van der Waals surface area contributed by atoms with Crippen LogP contribution in [0.5, 0.6) is 5.75 Å². The van der Waals surface area contributed by atoms with Crippen molar-refractivity contribution in [3.8, 4) is 5.75 Å². The summed E-state index contributed by atoms with van der Waals surface area (Å²) in [6.07, 6.45) is 2.02. The van der Waals surface area contributed by atoms with Gasteiger partial charge in [0.05, 0.1) is 30.1 Å². The van der Waals surface area contributed by atoms with E-state index in [0.717, 1.165) is 0 Å². The molecule has 1 aliphatic rings. The fraction of sp³-hybridized carbons (Fsp3) is 0.353. The summed E-state index contributed by atoms with van der Waals surface area (Å²) in [6, 6.07) is 4.98. The molecule has 1 aromatic carbocycles. The third kappa shape index (κ3) is 3.96. The van der Waals surface area contributed by atoms with Gasteiger partial charge >= 0.3 is 0 Å². The van der Waals surface area contributed by atoms with Gasteiger partial charge in [0.25, 0.3) is 5.56 Å². The molecule has 0 bridgehead atoms. The van der Waals surface area contributed by atoms with Crippen LogP contribution in [0.3, 0.4) is 0 Å². The average Bonchev–Trinajstić information content (AvgIpc) is 2.58. The first-order valence-corrected chi connectivity index (χ1v) is 8.62. The van der Waals surface area contributed by atoms with E-state index in [2.05, 4.69) is 4.98 Å². The standard InChI is InChI=1S/C17H17Cl2N3O3/c1-11(23)21-5-4-13-15(9-21)20-10-22(17(13)24)6-7-25-16-3-2-12(18)8-14(16)19/h2-3,8,10H,4-7,9H2,1H3. The predicted octanol–water partition coefficient (Wildman–Crippen LogP) is 2.53. The van der Waals surface area contributed by atoms with Crippen LogP contribution in [0, 0.1) is 0 Å². The zero-order valence-electron chi connectivity index (χ0n) is 13.7. The largest absolute Gasteiger partial charge is 0.490 e. The molecule has 8 heteroatoms. The van der Waals surface area contributed by atoms with Crippen LogP contribution in [-0.4, -0.2) is 33.5 Å². The summed E-state index contributed by atoms with van der Waals surface area (Å²) in [5.74, 6) is 0.506. The minimum Gasteiger partial charge on any atom is -0.490 e. The maximum absolute atomic E-state index is 12.6. The Morgan fingerprint density at radius 2 is 2.16 bits per heavy atom. The van der Waals surface area contributed by atoms with Crippen molar-refractivity contribution in [2.24, 2.45) is 0 Å². The van der Waals surface area contributed by atoms with E-state index in [4.69, 9.17) is 27.9 Å². The molecule has 0 radical (unpaired) electrons. The van der Waals surface area contributed by atoms with E-state index in [9.17, 15) is 9.59 Å². The lowest BCUT2D eigenvalue weighted by Crippen LogP contribution is -2.39. The number of halogens is 2. The van der Waals surface area contributed by atoms with Crippen molar-refractivity contribution in [2.45, 2.75) is 26.4 Å². The lowest BCUT2D eigenvalue weighted by atomic mass is 10.1. The third-order valence-electron chi connectivity index (χ3n) is 4.12. The summed E-state index contributed by atoms with van der Waals surface area (Å²) in [4.78, 5) is 30.1. The number of aromatic nitrogens is 2. The number of carbonyl (C=O) groups is 1. The van der Waals surface area contributed by atoms with E-state index >= 15 is 0 Å². The second-order valence-corrected chi connectivity index (χ2v) is 6.63. The van der Waals surface area contributed by atoms with E-state index in [1.165, 1.54) is 17.8 Å². The zero-order chi connectivity index (χ0) is 18.0. The molecule has 1 aromatic heterocycles. The Kier molecular flexibility index (Phi) is 5.30. The Hall–Kier alpha value is -2.05. The summed E-state index contributed by atoms with van der Waals surface area (Å²) >= 11 is 11.9. The van der Waals surface area contributed by atoms with Crippen molar-refractivity contribution in [3.63, 3.8) is 0 Å². The van der Waals surface area contributed by atoms with Gasteiger partial charge in [0.2, 0.25) is 5.91 Å². The van der Waals surface area contributed by atoms with Crippen molar-refractivity contribution in [3.05, 3.63) is 56.2 Å². The summed E-state index contributed by atoms with van der Waals surface area (Å²) in [5.41, 5.74) is 1.26. The fourth-order valence-corrected chi connectivity index (χ4v) is 3.20. The predicted molar refractivity (Wildman–Crippen MR) is 95.2 cm³/mol. The summed E-state index contributed by atoms with van der Waals surface area (Å²) < 4.78 is 7.13. The Bertz CT molecular complexity index is 867. The van der Waals surface area contributed by atoms with Crippen LogP contribution < -0.4 is 10.3 Å². The van der Waals surface area contributed by atoms with Crippen LogP contribution >= 0.6 is 23.2 Å². The Morgan fingerprint density at radius 1 is 1.36 bits per heavy atom. The molecule has 0 atom stereocenters. The Labute approximate surface area is 154 Å². The van der Waals surface area contributed by atoms with Crippen LogP contribution in [-0.2, 0) is 24.3 Å². The van der Waals surface area contributed by atoms with Gasteiger partial charge in [0.1, 0.15) is 12.4 Å². The van der Waals surface area contributed by atoms with E-state index < -0.39 is 0 Å². The molecule has 2 heterocycles. The molecule has 6 nitrogen and oxygen atoms in total. The average molecular weight is 382 g/mol. The summed E-state index contributed by atoms with van der Waals surface area (Å²) in [5, 5.41) is 0.958. The molecular weight excluding hydrogens is 365 g/mol. The lowest BCUT2D eigenvalue weighted by molar-refractivity contribution is -0.129. The van der Waals surface area contributed by atoms with Gasteiger partial charge in [-0.05, 0) is 24.6 Å². The van der Waals surface area contributed by atoms with Crippen molar-refractivity contribution >= 4 is 29.1 Å². The number of ether oxygens (including phenoxy) is 1. The highest BCUT2D eigenvalue weighted by Crippen LogP contribution is 2.27.